The van der Waals surface area contributed by atoms with Crippen LogP contribution in [-0.4, -0.2) is 27.5 Å². The Bertz CT molecular complexity index is 507. The summed E-state index contributed by atoms with van der Waals surface area (Å²) in [4.78, 5) is 27.3. The van der Waals surface area contributed by atoms with Gasteiger partial charge in [-0.1, -0.05) is 11.6 Å². The predicted molar refractivity (Wildman–Crippen MR) is 75.7 cm³/mol. The first-order valence-electron chi connectivity index (χ1n) is 6.31. The van der Waals surface area contributed by atoms with E-state index in [0.29, 0.717) is 18.5 Å². The van der Waals surface area contributed by atoms with E-state index in [1.807, 2.05) is 6.92 Å². The van der Waals surface area contributed by atoms with Gasteiger partial charge in [0.2, 0.25) is 0 Å². The Balaban J connectivity index is 3.06. The van der Waals surface area contributed by atoms with Gasteiger partial charge in [-0.25, -0.2) is 9.78 Å². The molecular formula is C13H20ClN3O3. The molecule has 1 heterocycles. The van der Waals surface area contributed by atoms with Gasteiger partial charge in [0.25, 0.3) is 0 Å². The molecule has 0 fully saturated rings. The van der Waals surface area contributed by atoms with Crippen molar-refractivity contribution in [1.29, 1.82) is 0 Å². The second kappa shape index (κ2) is 5.83. The molecule has 0 radical (unpaired) electrons. The lowest BCUT2D eigenvalue weighted by atomic mass is 10.0. The van der Waals surface area contributed by atoms with Gasteiger partial charge in [0, 0.05) is 6.54 Å². The molecule has 1 amide bonds. The minimum Gasteiger partial charge on any atom is -0.444 e. The second-order valence-electron chi connectivity index (χ2n) is 5.62. The van der Waals surface area contributed by atoms with E-state index in [4.69, 9.17) is 16.3 Å². The molecule has 7 heteroatoms. The molecule has 0 saturated carbocycles. The zero-order chi connectivity index (χ0) is 15.6. The van der Waals surface area contributed by atoms with E-state index in [9.17, 15) is 9.59 Å². The summed E-state index contributed by atoms with van der Waals surface area (Å²) in [7, 11) is 0. The highest BCUT2D eigenvalue weighted by Crippen LogP contribution is 2.26. The van der Waals surface area contributed by atoms with Crippen molar-refractivity contribution in [1.82, 2.24) is 14.9 Å². The number of ether oxygens (including phenoxy) is 1. The van der Waals surface area contributed by atoms with Crippen LogP contribution in [0.1, 0.15) is 40.3 Å². The molecule has 1 aromatic heterocycles. The van der Waals surface area contributed by atoms with E-state index in [-0.39, 0.29) is 5.15 Å². The number of aldehydes is 1. The Hall–Kier alpha value is -1.56. The topological polar surface area (TPSA) is 73.2 Å². The number of carbonyl (C=O) groups is 2. The number of carbonyl (C=O) groups excluding carboxylic acids is 2. The van der Waals surface area contributed by atoms with Crippen LogP contribution in [0.3, 0.4) is 0 Å². The van der Waals surface area contributed by atoms with Crippen molar-refractivity contribution < 1.29 is 14.3 Å². The summed E-state index contributed by atoms with van der Waals surface area (Å²) >= 11 is 6.02. The molecule has 112 valence electrons. The molecule has 1 rings (SSSR count). The molecule has 0 saturated heterocycles. The van der Waals surface area contributed by atoms with Crippen molar-refractivity contribution in [2.45, 2.75) is 52.3 Å². The van der Waals surface area contributed by atoms with Gasteiger partial charge in [-0.15, -0.1) is 0 Å². The number of hydrogen-bond acceptors (Lipinski definition) is 4. The average Bonchev–Trinajstić information content (AvgIpc) is 2.68. The first kappa shape index (κ1) is 16.5. The lowest BCUT2D eigenvalue weighted by Gasteiger charge is -2.28. The third-order valence-corrected chi connectivity index (χ3v) is 2.90. The molecular weight excluding hydrogens is 282 g/mol. The summed E-state index contributed by atoms with van der Waals surface area (Å²) in [6.07, 6.45) is 1.45. The molecule has 6 nitrogen and oxygen atoms in total. The van der Waals surface area contributed by atoms with Crippen LogP contribution in [0, 0.1) is 0 Å². The number of hydrogen-bond donors (Lipinski definition) is 1. The van der Waals surface area contributed by atoms with Gasteiger partial charge >= 0.3 is 6.09 Å². The third kappa shape index (κ3) is 3.72. The summed E-state index contributed by atoms with van der Waals surface area (Å²) in [5, 5.41) is 2.72. The largest absolute Gasteiger partial charge is 0.444 e. The van der Waals surface area contributed by atoms with Crippen LogP contribution in [0.25, 0.3) is 0 Å². The highest BCUT2D eigenvalue weighted by Gasteiger charge is 2.35. The fraction of sp³-hybridized carbons (Fsp3) is 0.615. The lowest BCUT2D eigenvalue weighted by molar-refractivity contribution is -0.113. The number of rotatable bonds is 4. The summed E-state index contributed by atoms with van der Waals surface area (Å²) in [5.41, 5.74) is -1.52. The normalized spacial score (nSPS) is 14.5. The van der Waals surface area contributed by atoms with Crippen molar-refractivity contribution in [2.75, 3.05) is 0 Å². The van der Waals surface area contributed by atoms with Crippen LogP contribution in [0.4, 0.5) is 4.79 Å². The maximum Gasteiger partial charge on any atom is 0.408 e. The third-order valence-electron chi connectivity index (χ3n) is 2.62. The zero-order valence-corrected chi connectivity index (χ0v) is 13.1. The van der Waals surface area contributed by atoms with Gasteiger partial charge in [0.05, 0.1) is 12.0 Å². The minimum atomic E-state index is -1.30. The van der Waals surface area contributed by atoms with E-state index in [1.54, 1.807) is 32.3 Å². The smallest absolute Gasteiger partial charge is 0.408 e. The van der Waals surface area contributed by atoms with Crippen molar-refractivity contribution in [3.05, 3.63) is 17.2 Å². The van der Waals surface area contributed by atoms with Crippen molar-refractivity contribution in [3.63, 3.8) is 0 Å². The van der Waals surface area contributed by atoms with Gasteiger partial charge in [-0.2, -0.15) is 0 Å². The van der Waals surface area contributed by atoms with Gasteiger partial charge in [-0.05, 0) is 34.6 Å². The van der Waals surface area contributed by atoms with Gasteiger partial charge < -0.3 is 19.4 Å². The Morgan fingerprint density at radius 3 is 2.55 bits per heavy atom. The number of aromatic nitrogens is 2. The summed E-state index contributed by atoms with van der Waals surface area (Å²) < 4.78 is 6.87. The average molecular weight is 302 g/mol. The van der Waals surface area contributed by atoms with Crippen LogP contribution in [0.15, 0.2) is 6.33 Å². The van der Waals surface area contributed by atoms with Crippen molar-refractivity contribution in [3.8, 4) is 0 Å². The fourth-order valence-corrected chi connectivity index (χ4v) is 2.12. The number of nitrogens with zero attached hydrogens (tertiary/aromatic N) is 2. The summed E-state index contributed by atoms with van der Waals surface area (Å²) in [5.74, 6) is 0. The van der Waals surface area contributed by atoms with Crippen LogP contribution in [0.2, 0.25) is 5.15 Å². The SMILES string of the molecule is CCn1cnc(Cl)c1C(C)(C=O)NC(=O)OC(C)(C)C. The Kier molecular flexibility index (Phi) is 4.81. The molecule has 0 aromatic carbocycles. The number of halogens is 1. The number of aryl methyl sites for hydroxylation is 1. The van der Waals surface area contributed by atoms with E-state index in [2.05, 4.69) is 10.3 Å². The van der Waals surface area contributed by atoms with Gasteiger partial charge in [0.1, 0.15) is 11.1 Å². The maximum absolute atomic E-state index is 11.9. The number of alkyl carbamates (subject to hydrolysis) is 1. The standard InChI is InChI=1S/C13H20ClN3O3/c1-6-17-8-15-10(14)9(17)13(5,7-18)16-11(19)20-12(2,3)4/h7-8H,6H2,1-5H3,(H,16,19). The van der Waals surface area contributed by atoms with E-state index >= 15 is 0 Å². The number of imidazole rings is 1. The first-order chi connectivity index (χ1) is 9.13. The summed E-state index contributed by atoms with van der Waals surface area (Å²) in [6.45, 7) is 9.25. The number of nitrogens with one attached hydrogen (secondary N) is 1. The Morgan fingerprint density at radius 2 is 2.10 bits per heavy atom. The molecule has 0 bridgehead atoms. The molecule has 0 aliphatic carbocycles. The molecule has 1 N–H and O–H groups in total. The van der Waals surface area contributed by atoms with Crippen LogP contribution >= 0.6 is 11.6 Å². The molecule has 1 aromatic rings. The lowest BCUT2D eigenvalue weighted by Crippen LogP contribution is -2.48. The molecule has 0 spiro atoms. The molecule has 1 unspecified atom stereocenters. The Morgan fingerprint density at radius 1 is 1.50 bits per heavy atom. The van der Waals surface area contributed by atoms with Crippen molar-refractivity contribution in [2.24, 2.45) is 0 Å². The molecule has 1 atom stereocenters. The van der Waals surface area contributed by atoms with E-state index in [0.717, 1.165) is 0 Å². The highest BCUT2D eigenvalue weighted by atomic mass is 35.5. The summed E-state index contributed by atoms with van der Waals surface area (Å²) in [6, 6.07) is 0. The molecule has 0 aliphatic heterocycles. The minimum absolute atomic E-state index is 0.178. The quantitative estimate of drug-likeness (QED) is 0.867. The van der Waals surface area contributed by atoms with Crippen LogP contribution in [-0.2, 0) is 21.6 Å². The van der Waals surface area contributed by atoms with Gasteiger partial charge in [0.15, 0.2) is 11.4 Å². The Labute approximate surface area is 123 Å². The van der Waals surface area contributed by atoms with Crippen molar-refractivity contribution >= 4 is 24.0 Å². The number of amides is 1. The van der Waals surface area contributed by atoms with E-state index in [1.165, 1.54) is 6.33 Å². The van der Waals surface area contributed by atoms with E-state index < -0.39 is 17.2 Å². The molecule has 20 heavy (non-hydrogen) atoms. The van der Waals surface area contributed by atoms with Crippen LogP contribution in [0.5, 0.6) is 0 Å². The predicted octanol–water partition coefficient (Wildman–Crippen LogP) is 2.50. The van der Waals surface area contributed by atoms with Gasteiger partial charge in [-0.3, -0.25) is 0 Å². The monoisotopic (exact) mass is 301 g/mol. The first-order valence-corrected chi connectivity index (χ1v) is 6.69. The highest BCUT2D eigenvalue weighted by molar-refractivity contribution is 6.30. The second-order valence-corrected chi connectivity index (χ2v) is 5.98. The fourth-order valence-electron chi connectivity index (χ4n) is 1.77. The zero-order valence-electron chi connectivity index (χ0n) is 12.4. The van der Waals surface area contributed by atoms with Crippen LogP contribution < -0.4 is 5.32 Å². The molecule has 0 aliphatic rings. The maximum atomic E-state index is 11.9.